The Balaban J connectivity index is 2.59. The van der Waals surface area contributed by atoms with Gasteiger partial charge in [0.25, 0.3) is 0 Å². The summed E-state index contributed by atoms with van der Waals surface area (Å²) in [7, 11) is 0. The minimum atomic E-state index is -1.35. The van der Waals surface area contributed by atoms with Gasteiger partial charge in [-0.1, -0.05) is 23.2 Å². The maximum Gasteiger partial charge on any atom is 0.343 e. The minimum Gasteiger partial charge on any atom is -0.458 e. The summed E-state index contributed by atoms with van der Waals surface area (Å²) in [5, 5.41) is 3.24. The highest BCUT2D eigenvalue weighted by Crippen LogP contribution is 2.22. The molecule has 2 amide bonds. The Hall–Kier alpha value is -1.50. The van der Waals surface area contributed by atoms with E-state index in [1.54, 1.807) is 20.8 Å². The van der Waals surface area contributed by atoms with Gasteiger partial charge in [-0.3, -0.25) is 4.84 Å². The van der Waals surface area contributed by atoms with Gasteiger partial charge in [0.05, 0.1) is 0 Å². The quantitative estimate of drug-likeness (QED) is 0.622. The van der Waals surface area contributed by atoms with Crippen molar-refractivity contribution in [2.24, 2.45) is 0 Å². The number of ether oxygens (including phenoxy) is 1. The maximum absolute atomic E-state index is 12.0. The number of hydrogen-bond acceptors (Lipinski definition) is 4. The second-order valence-corrected chi connectivity index (χ2v) is 7.20. The first-order valence-corrected chi connectivity index (χ1v) is 7.59. The number of halogens is 2. The van der Waals surface area contributed by atoms with Crippen LogP contribution in [-0.4, -0.2) is 23.2 Å². The fourth-order valence-corrected chi connectivity index (χ4v) is 1.93. The predicted octanol–water partition coefficient (Wildman–Crippen LogP) is 4.17. The number of rotatable bonds is 4. The first kappa shape index (κ1) is 19.5. The van der Waals surface area contributed by atoms with Gasteiger partial charge >= 0.3 is 12.0 Å². The summed E-state index contributed by atoms with van der Waals surface area (Å²) in [6.45, 7) is 8.19. The van der Waals surface area contributed by atoms with Gasteiger partial charge in [0, 0.05) is 15.7 Å². The number of nitrogens with one attached hydrogen (secondary N) is 2. The molecular weight excluding hydrogens is 343 g/mol. The molecule has 0 spiro atoms. The van der Waals surface area contributed by atoms with Crippen LogP contribution in [0.3, 0.4) is 0 Å². The summed E-state index contributed by atoms with van der Waals surface area (Å²) >= 11 is 11.7. The van der Waals surface area contributed by atoms with Crippen LogP contribution >= 0.6 is 23.2 Å². The van der Waals surface area contributed by atoms with Crippen molar-refractivity contribution in [1.29, 1.82) is 0 Å². The van der Waals surface area contributed by atoms with E-state index >= 15 is 0 Å². The predicted molar refractivity (Wildman–Crippen MR) is 89.6 cm³/mol. The van der Waals surface area contributed by atoms with E-state index in [0.29, 0.717) is 15.7 Å². The van der Waals surface area contributed by atoms with Crippen molar-refractivity contribution in [1.82, 2.24) is 5.48 Å². The zero-order valence-electron chi connectivity index (χ0n) is 13.6. The molecule has 128 valence electrons. The molecule has 23 heavy (non-hydrogen) atoms. The molecular formula is C15H20Cl2N2O4. The molecule has 1 rings (SSSR count). The van der Waals surface area contributed by atoms with E-state index in [1.165, 1.54) is 32.0 Å². The lowest BCUT2D eigenvalue weighted by Crippen LogP contribution is -2.46. The molecule has 0 aromatic heterocycles. The number of urea groups is 1. The molecule has 0 heterocycles. The second kappa shape index (κ2) is 7.38. The van der Waals surface area contributed by atoms with Crippen LogP contribution < -0.4 is 10.8 Å². The van der Waals surface area contributed by atoms with E-state index < -0.39 is 23.2 Å². The van der Waals surface area contributed by atoms with Gasteiger partial charge in [0.15, 0.2) is 5.60 Å². The van der Waals surface area contributed by atoms with Crippen molar-refractivity contribution < 1.29 is 19.2 Å². The van der Waals surface area contributed by atoms with Gasteiger partial charge in [-0.2, -0.15) is 0 Å². The summed E-state index contributed by atoms with van der Waals surface area (Å²) in [5.41, 5.74) is 0.522. The van der Waals surface area contributed by atoms with Gasteiger partial charge in [-0.25, -0.2) is 15.1 Å². The van der Waals surface area contributed by atoms with Crippen LogP contribution in [0.2, 0.25) is 10.0 Å². The van der Waals surface area contributed by atoms with Crippen molar-refractivity contribution >= 4 is 40.9 Å². The van der Waals surface area contributed by atoms with Crippen LogP contribution in [-0.2, 0) is 14.4 Å². The van der Waals surface area contributed by atoms with Crippen LogP contribution in [0.4, 0.5) is 10.5 Å². The first-order valence-electron chi connectivity index (χ1n) is 6.83. The van der Waals surface area contributed by atoms with Crippen LogP contribution in [0.15, 0.2) is 18.2 Å². The Morgan fingerprint density at radius 1 is 1.00 bits per heavy atom. The fourth-order valence-electron chi connectivity index (χ4n) is 1.40. The molecule has 0 atom stereocenters. The summed E-state index contributed by atoms with van der Waals surface area (Å²) in [4.78, 5) is 28.9. The molecule has 0 unspecified atom stereocenters. The molecule has 6 nitrogen and oxygen atoms in total. The Labute approximate surface area is 145 Å². The minimum absolute atomic E-state index is 0.378. The fraction of sp³-hybridized carbons (Fsp3) is 0.467. The van der Waals surface area contributed by atoms with Crippen molar-refractivity contribution in [2.45, 2.75) is 45.8 Å². The first-order chi connectivity index (χ1) is 10.4. The van der Waals surface area contributed by atoms with Gasteiger partial charge in [-0.05, 0) is 52.8 Å². The van der Waals surface area contributed by atoms with Crippen molar-refractivity contribution in [3.8, 4) is 0 Å². The number of hydrogen-bond donors (Lipinski definition) is 2. The smallest absolute Gasteiger partial charge is 0.343 e. The van der Waals surface area contributed by atoms with Crippen LogP contribution in [0.1, 0.15) is 34.6 Å². The molecule has 8 heteroatoms. The third-order valence-electron chi connectivity index (χ3n) is 2.41. The summed E-state index contributed by atoms with van der Waals surface area (Å²) in [6, 6.07) is 3.90. The number of amides is 2. The van der Waals surface area contributed by atoms with Crippen LogP contribution in [0.25, 0.3) is 0 Å². The summed E-state index contributed by atoms with van der Waals surface area (Å²) < 4.78 is 5.21. The number of carbonyl (C=O) groups is 2. The Kier molecular flexibility index (Phi) is 6.27. The van der Waals surface area contributed by atoms with E-state index in [9.17, 15) is 9.59 Å². The van der Waals surface area contributed by atoms with Crippen molar-refractivity contribution in [3.63, 3.8) is 0 Å². The molecule has 2 N–H and O–H groups in total. The second-order valence-electron chi connectivity index (χ2n) is 6.33. The largest absolute Gasteiger partial charge is 0.458 e. The Morgan fingerprint density at radius 3 is 2.00 bits per heavy atom. The number of benzene rings is 1. The molecule has 0 aliphatic carbocycles. The molecule has 0 saturated heterocycles. The van der Waals surface area contributed by atoms with Crippen LogP contribution in [0, 0.1) is 0 Å². The topological polar surface area (TPSA) is 76.7 Å². The Bertz CT molecular complexity index is 577. The summed E-state index contributed by atoms with van der Waals surface area (Å²) in [5.74, 6) is -0.601. The zero-order chi connectivity index (χ0) is 17.8. The molecule has 0 bridgehead atoms. The van der Waals surface area contributed by atoms with E-state index in [1.807, 2.05) is 0 Å². The third kappa shape index (κ3) is 7.07. The highest BCUT2D eigenvalue weighted by Gasteiger charge is 2.35. The maximum atomic E-state index is 12.0. The average Bonchev–Trinajstić information content (AvgIpc) is 2.33. The number of hydroxylamine groups is 1. The lowest BCUT2D eigenvalue weighted by Gasteiger charge is -2.28. The van der Waals surface area contributed by atoms with Gasteiger partial charge in [-0.15, -0.1) is 0 Å². The molecule has 0 aliphatic rings. The van der Waals surface area contributed by atoms with E-state index in [0.717, 1.165) is 0 Å². The molecule has 0 saturated carbocycles. The average molecular weight is 363 g/mol. The van der Waals surface area contributed by atoms with Gasteiger partial charge in [0.1, 0.15) is 5.60 Å². The Morgan fingerprint density at radius 2 is 1.52 bits per heavy atom. The van der Waals surface area contributed by atoms with E-state index in [2.05, 4.69) is 10.8 Å². The molecule has 0 fully saturated rings. The monoisotopic (exact) mass is 362 g/mol. The normalized spacial score (nSPS) is 11.8. The SMILES string of the molecule is CC(C)(C)OC(=O)C(C)(C)ONC(=O)Nc1cc(Cl)cc(Cl)c1. The molecule has 1 aromatic rings. The van der Waals surface area contributed by atoms with Crippen molar-refractivity contribution in [3.05, 3.63) is 28.2 Å². The standard InChI is InChI=1S/C15H20Cl2N2O4/c1-14(2,3)22-12(20)15(4,5)23-19-13(21)18-11-7-9(16)6-10(17)8-11/h6-8H,1-5H3,(H2,18,19,21). The van der Waals surface area contributed by atoms with Gasteiger partial charge in [0.2, 0.25) is 0 Å². The third-order valence-corrected chi connectivity index (χ3v) is 2.85. The zero-order valence-corrected chi connectivity index (χ0v) is 15.1. The number of carbonyl (C=O) groups excluding carboxylic acids is 2. The number of esters is 1. The van der Waals surface area contributed by atoms with E-state index in [-0.39, 0.29) is 0 Å². The molecule has 0 radical (unpaired) electrons. The van der Waals surface area contributed by atoms with Gasteiger partial charge < -0.3 is 10.1 Å². The van der Waals surface area contributed by atoms with E-state index in [4.69, 9.17) is 32.8 Å². The molecule has 0 aliphatic heterocycles. The lowest BCUT2D eigenvalue weighted by atomic mass is 10.1. The highest BCUT2D eigenvalue weighted by atomic mass is 35.5. The molecule has 1 aromatic carbocycles. The number of anilines is 1. The summed E-state index contributed by atoms with van der Waals surface area (Å²) in [6.07, 6.45) is 0. The van der Waals surface area contributed by atoms with Crippen LogP contribution in [0.5, 0.6) is 0 Å². The van der Waals surface area contributed by atoms with Crippen molar-refractivity contribution in [2.75, 3.05) is 5.32 Å². The highest BCUT2D eigenvalue weighted by molar-refractivity contribution is 6.35. The lowest BCUT2D eigenvalue weighted by molar-refractivity contribution is -0.184.